The van der Waals surface area contributed by atoms with Crippen LogP contribution in [0.2, 0.25) is 0 Å². The van der Waals surface area contributed by atoms with E-state index in [9.17, 15) is 9.30 Å². The summed E-state index contributed by atoms with van der Waals surface area (Å²) < 4.78 is 14.6. The number of aryl methyl sites for hydroxylation is 1. The second kappa shape index (κ2) is 3.99. The first-order valence-electron chi connectivity index (χ1n) is 5.26. The van der Waals surface area contributed by atoms with Crippen molar-refractivity contribution in [1.82, 2.24) is 9.38 Å². The minimum atomic E-state index is -0.323. The predicted molar refractivity (Wildman–Crippen MR) is 68.7 cm³/mol. The van der Waals surface area contributed by atoms with E-state index in [-0.39, 0.29) is 11.6 Å². The summed E-state index contributed by atoms with van der Waals surface area (Å²) in [7, 11) is 0. The smallest absolute Gasteiger partial charge is 0.210 e. The average Bonchev–Trinajstić information content (AvgIpc) is 2.91. The van der Waals surface area contributed by atoms with Crippen molar-refractivity contribution in [3.63, 3.8) is 0 Å². The number of nitrogens with zero attached hydrogens (tertiary/aromatic N) is 3. The number of fused-ring (bicyclic) bond motifs is 1. The van der Waals surface area contributed by atoms with E-state index in [1.165, 1.54) is 23.5 Å². The number of hydrogen-bond donors (Lipinski definition) is 0. The van der Waals surface area contributed by atoms with Crippen LogP contribution in [0, 0.1) is 17.6 Å². The maximum absolute atomic E-state index is 12.9. The van der Waals surface area contributed by atoms with Crippen molar-refractivity contribution < 1.29 is 4.39 Å². The lowest BCUT2D eigenvalue weighted by Gasteiger charge is -1.97. The third-order valence-electron chi connectivity index (χ3n) is 2.71. The summed E-state index contributed by atoms with van der Waals surface area (Å²) >= 11 is 1.44. The monoisotopic (exact) mass is 261 g/mol. The number of rotatable bonds is 2. The number of benzene rings is 1. The Morgan fingerprint density at radius 1 is 1.33 bits per heavy atom. The Labute approximate surface area is 106 Å². The molecular weight excluding hydrogens is 253 g/mol. The number of hydrogen-bond acceptors (Lipinski definition) is 4. The Hall–Kier alpha value is -2.08. The van der Waals surface area contributed by atoms with E-state index in [0.29, 0.717) is 16.2 Å². The molecule has 0 unspecified atom stereocenters. The lowest BCUT2D eigenvalue weighted by atomic mass is 10.1. The molecule has 6 heteroatoms. The van der Waals surface area contributed by atoms with Crippen LogP contribution in [-0.4, -0.2) is 9.38 Å². The molecule has 4 nitrogen and oxygen atoms in total. The number of halogens is 1. The molecule has 0 aliphatic carbocycles. The molecule has 0 radical (unpaired) electrons. The lowest BCUT2D eigenvalue weighted by molar-refractivity contribution is 0.628. The molecule has 3 rings (SSSR count). The molecule has 0 bridgehead atoms. The van der Waals surface area contributed by atoms with Gasteiger partial charge in [-0.1, -0.05) is 0 Å². The summed E-state index contributed by atoms with van der Waals surface area (Å²) in [5.74, 6) is -0.0630. The highest BCUT2D eigenvalue weighted by Gasteiger charge is 2.17. The fraction of sp³-hybridized carbons (Fsp3) is 0.0833. The van der Waals surface area contributed by atoms with Gasteiger partial charge in [0.2, 0.25) is 5.82 Å². The first-order valence-corrected chi connectivity index (χ1v) is 6.14. The molecule has 0 saturated carbocycles. The van der Waals surface area contributed by atoms with Gasteiger partial charge in [-0.15, -0.1) is 16.2 Å². The van der Waals surface area contributed by atoms with Crippen LogP contribution in [0.25, 0.3) is 16.2 Å². The zero-order valence-electron chi connectivity index (χ0n) is 9.42. The summed E-state index contributed by atoms with van der Waals surface area (Å²) in [5.41, 5.74) is 2.08. The van der Waals surface area contributed by atoms with Gasteiger partial charge in [0.05, 0.1) is 0 Å². The summed E-state index contributed by atoms with van der Waals surface area (Å²) in [6, 6.07) is 5.85. The lowest BCUT2D eigenvalue weighted by Crippen LogP contribution is -1.83. The van der Waals surface area contributed by atoms with Gasteiger partial charge in [-0.05, 0) is 36.4 Å². The Kier molecular flexibility index (Phi) is 2.45. The second-order valence-electron chi connectivity index (χ2n) is 3.88. The third-order valence-corrected chi connectivity index (χ3v) is 3.66. The molecule has 2 heterocycles. The topological polar surface area (TPSA) is 46.7 Å². The van der Waals surface area contributed by atoms with E-state index in [1.54, 1.807) is 16.5 Å². The maximum atomic E-state index is 12.9. The molecule has 2 aromatic heterocycles. The van der Waals surface area contributed by atoms with Crippen molar-refractivity contribution in [2.45, 2.75) is 6.92 Å². The number of nitroso groups, excluding NO2 is 1. The van der Waals surface area contributed by atoms with E-state index >= 15 is 0 Å². The average molecular weight is 261 g/mol. The van der Waals surface area contributed by atoms with Gasteiger partial charge in [-0.3, -0.25) is 4.40 Å². The summed E-state index contributed by atoms with van der Waals surface area (Å²) in [5, 5.41) is 4.96. The molecule has 0 spiro atoms. The van der Waals surface area contributed by atoms with Gasteiger partial charge in [-0.25, -0.2) is 9.37 Å². The minimum absolute atomic E-state index is 0.260. The van der Waals surface area contributed by atoms with E-state index in [0.717, 1.165) is 5.69 Å². The Morgan fingerprint density at radius 3 is 2.72 bits per heavy atom. The first kappa shape index (κ1) is 11.0. The van der Waals surface area contributed by atoms with E-state index in [4.69, 9.17) is 0 Å². The molecule has 0 saturated heterocycles. The second-order valence-corrected chi connectivity index (χ2v) is 4.71. The minimum Gasteiger partial charge on any atom is -0.269 e. The fourth-order valence-corrected chi connectivity index (χ4v) is 2.73. The van der Waals surface area contributed by atoms with Gasteiger partial charge < -0.3 is 0 Å². The molecule has 0 aliphatic rings. The maximum Gasteiger partial charge on any atom is 0.210 e. The van der Waals surface area contributed by atoms with Gasteiger partial charge >= 0.3 is 0 Å². The van der Waals surface area contributed by atoms with E-state index in [2.05, 4.69) is 10.2 Å². The van der Waals surface area contributed by atoms with Crippen LogP contribution in [-0.2, 0) is 0 Å². The van der Waals surface area contributed by atoms with Crippen molar-refractivity contribution in [2.24, 2.45) is 5.18 Å². The van der Waals surface area contributed by atoms with Crippen LogP contribution >= 0.6 is 11.3 Å². The predicted octanol–water partition coefficient (Wildman–Crippen LogP) is 3.91. The van der Waals surface area contributed by atoms with Crippen molar-refractivity contribution in [1.29, 1.82) is 0 Å². The van der Waals surface area contributed by atoms with Gasteiger partial charge in [0.1, 0.15) is 11.5 Å². The van der Waals surface area contributed by atoms with Crippen LogP contribution in [0.1, 0.15) is 5.69 Å². The SMILES string of the molecule is Cc1csc2nc(-c3ccc(F)cc3)c(N=O)n12. The molecule has 3 aromatic rings. The van der Waals surface area contributed by atoms with Crippen molar-refractivity contribution >= 4 is 22.1 Å². The number of aromatic nitrogens is 2. The van der Waals surface area contributed by atoms with E-state index < -0.39 is 0 Å². The van der Waals surface area contributed by atoms with Crippen LogP contribution in [0.5, 0.6) is 0 Å². The molecule has 0 N–H and O–H groups in total. The molecule has 18 heavy (non-hydrogen) atoms. The highest BCUT2D eigenvalue weighted by molar-refractivity contribution is 7.15. The number of imidazole rings is 1. The molecule has 0 atom stereocenters. The molecular formula is C12H8FN3OS. The first-order chi connectivity index (χ1) is 8.70. The van der Waals surface area contributed by atoms with Gasteiger partial charge in [0, 0.05) is 16.6 Å². The van der Waals surface area contributed by atoms with Gasteiger partial charge in [0.25, 0.3) is 0 Å². The van der Waals surface area contributed by atoms with E-state index in [1.807, 2.05) is 12.3 Å². The molecule has 0 aliphatic heterocycles. The molecule has 90 valence electrons. The van der Waals surface area contributed by atoms with Crippen LogP contribution in [0.3, 0.4) is 0 Å². The normalized spacial score (nSPS) is 11.0. The Bertz CT molecular complexity index is 730. The Morgan fingerprint density at radius 2 is 2.06 bits per heavy atom. The van der Waals surface area contributed by atoms with Gasteiger partial charge in [-0.2, -0.15) is 0 Å². The quantitative estimate of drug-likeness (QED) is 0.656. The summed E-state index contributed by atoms with van der Waals surface area (Å²) in [6.45, 7) is 1.88. The standard InChI is InChI=1S/C12H8FN3OS/c1-7-6-18-12-14-10(11(15-17)16(7)12)8-2-4-9(13)5-3-8/h2-6H,1H3. The van der Waals surface area contributed by atoms with Gasteiger partial charge in [0.15, 0.2) is 4.96 Å². The fourth-order valence-electron chi connectivity index (χ4n) is 1.87. The largest absolute Gasteiger partial charge is 0.269 e. The molecule has 0 fully saturated rings. The molecule has 0 amide bonds. The zero-order valence-corrected chi connectivity index (χ0v) is 10.2. The summed E-state index contributed by atoms with van der Waals surface area (Å²) in [6.07, 6.45) is 0. The highest BCUT2D eigenvalue weighted by atomic mass is 32.1. The van der Waals surface area contributed by atoms with Crippen LogP contribution in [0.15, 0.2) is 34.8 Å². The highest BCUT2D eigenvalue weighted by Crippen LogP contribution is 2.33. The van der Waals surface area contributed by atoms with Crippen molar-refractivity contribution in [3.05, 3.63) is 46.1 Å². The summed E-state index contributed by atoms with van der Waals surface area (Å²) in [4.78, 5) is 16.1. The Balaban J connectivity index is 2.28. The van der Waals surface area contributed by atoms with Crippen LogP contribution < -0.4 is 0 Å². The zero-order chi connectivity index (χ0) is 12.7. The van der Waals surface area contributed by atoms with Crippen molar-refractivity contribution in [3.8, 4) is 11.3 Å². The third kappa shape index (κ3) is 1.53. The molecule has 1 aromatic carbocycles. The van der Waals surface area contributed by atoms with Crippen LogP contribution in [0.4, 0.5) is 10.2 Å². The number of thiazole rings is 1. The van der Waals surface area contributed by atoms with Crippen molar-refractivity contribution in [2.75, 3.05) is 0 Å².